The van der Waals surface area contributed by atoms with Crippen LogP contribution in [-0.4, -0.2) is 39.4 Å². The van der Waals surface area contributed by atoms with E-state index in [1.54, 1.807) is 18.5 Å². The third kappa shape index (κ3) is 3.29. The lowest BCUT2D eigenvalue weighted by atomic mass is 10.1. The van der Waals surface area contributed by atoms with E-state index in [9.17, 15) is 4.79 Å². The van der Waals surface area contributed by atoms with Crippen molar-refractivity contribution in [1.29, 1.82) is 0 Å². The number of rotatable bonds is 1. The predicted molar refractivity (Wildman–Crippen MR) is 78.3 cm³/mol. The summed E-state index contributed by atoms with van der Waals surface area (Å²) in [6.45, 7) is 5.85. The molecule has 0 bridgehead atoms. The molecule has 0 spiro atoms. The molecule has 0 aromatic carbocycles. The van der Waals surface area contributed by atoms with Gasteiger partial charge in [0.15, 0.2) is 0 Å². The number of halogens is 1. The van der Waals surface area contributed by atoms with Gasteiger partial charge in [-0.25, -0.2) is 0 Å². The smallest absolute Gasteiger partial charge is 0.257 e. The third-order valence-corrected chi connectivity index (χ3v) is 4.10. The van der Waals surface area contributed by atoms with Crippen LogP contribution in [0, 0.1) is 0 Å². The molecule has 6 heteroatoms. The van der Waals surface area contributed by atoms with Crippen LogP contribution in [0.2, 0.25) is 0 Å². The van der Waals surface area contributed by atoms with Crippen LogP contribution in [0.3, 0.4) is 0 Å². The molecule has 0 aliphatic carbocycles. The van der Waals surface area contributed by atoms with E-state index >= 15 is 0 Å². The molecule has 1 fully saturated rings. The summed E-state index contributed by atoms with van der Waals surface area (Å²) in [6.07, 6.45) is 3.15. The molecule has 0 radical (unpaired) electrons. The molecule has 0 unspecified atom stereocenters. The number of carbonyl (C=O) groups is 1. The highest BCUT2D eigenvalue weighted by atomic mass is 35.5. The Morgan fingerprint density at radius 3 is 2.89 bits per heavy atom. The molecule has 2 rings (SSSR count). The van der Waals surface area contributed by atoms with Gasteiger partial charge in [-0.3, -0.25) is 9.78 Å². The highest BCUT2D eigenvalue weighted by Crippen LogP contribution is 2.30. The fourth-order valence-electron chi connectivity index (χ4n) is 1.94. The van der Waals surface area contributed by atoms with Crippen LogP contribution >= 0.6 is 24.2 Å². The molecule has 2 heterocycles. The van der Waals surface area contributed by atoms with Gasteiger partial charge >= 0.3 is 0 Å². The first-order valence-electron chi connectivity index (χ1n) is 5.62. The number of anilines is 1. The fraction of sp³-hybridized carbons (Fsp3) is 0.500. The Balaban J connectivity index is 0.00000162. The summed E-state index contributed by atoms with van der Waals surface area (Å²) >= 11 is 1.90. The molecule has 0 saturated carbocycles. The summed E-state index contributed by atoms with van der Waals surface area (Å²) < 4.78 is 0.116. The Hall–Kier alpha value is -0.940. The molecule has 18 heavy (non-hydrogen) atoms. The standard InChI is InChI=1S/C12H17N3OS.ClH/c1-12(2)8-15(5-6-17-12)11(16)9-7-14-4-3-10(9)13;/h3-4,7H,5-6,8H2,1-2H3,(H2,13,14);1H. The average molecular weight is 288 g/mol. The van der Waals surface area contributed by atoms with Gasteiger partial charge in [0.2, 0.25) is 0 Å². The zero-order valence-electron chi connectivity index (χ0n) is 10.5. The molecule has 1 aromatic heterocycles. The van der Waals surface area contributed by atoms with Gasteiger partial charge in [-0.15, -0.1) is 12.4 Å². The summed E-state index contributed by atoms with van der Waals surface area (Å²) in [5, 5.41) is 0. The largest absolute Gasteiger partial charge is 0.398 e. The average Bonchev–Trinajstić information content (AvgIpc) is 2.27. The maximum atomic E-state index is 12.3. The number of aromatic nitrogens is 1. The molecule has 1 aliphatic heterocycles. The molecule has 1 amide bonds. The minimum absolute atomic E-state index is 0. The van der Waals surface area contributed by atoms with Gasteiger partial charge in [-0.1, -0.05) is 0 Å². The van der Waals surface area contributed by atoms with Crippen LogP contribution in [-0.2, 0) is 0 Å². The lowest BCUT2D eigenvalue weighted by Gasteiger charge is -2.37. The first kappa shape index (κ1) is 15.1. The van der Waals surface area contributed by atoms with Gasteiger partial charge < -0.3 is 10.6 Å². The number of nitrogens with two attached hydrogens (primary N) is 1. The number of pyridine rings is 1. The number of nitrogen functional groups attached to an aromatic ring is 1. The highest BCUT2D eigenvalue weighted by Gasteiger charge is 2.30. The topological polar surface area (TPSA) is 59.2 Å². The van der Waals surface area contributed by atoms with Crippen LogP contribution in [0.4, 0.5) is 5.69 Å². The SMILES string of the molecule is CC1(C)CN(C(=O)c2cnccc2N)CCS1.Cl. The van der Waals surface area contributed by atoms with E-state index < -0.39 is 0 Å². The Labute approximate surface area is 118 Å². The van der Waals surface area contributed by atoms with Crippen LogP contribution in [0.25, 0.3) is 0 Å². The Morgan fingerprint density at radius 2 is 2.28 bits per heavy atom. The number of carbonyl (C=O) groups excluding carboxylic acids is 1. The summed E-state index contributed by atoms with van der Waals surface area (Å²) in [5.41, 5.74) is 6.81. The van der Waals surface area contributed by atoms with Crippen LogP contribution < -0.4 is 5.73 Å². The van der Waals surface area contributed by atoms with Gasteiger partial charge in [0.05, 0.1) is 5.56 Å². The summed E-state index contributed by atoms with van der Waals surface area (Å²) in [4.78, 5) is 18.1. The van der Waals surface area contributed by atoms with Crippen molar-refractivity contribution in [2.45, 2.75) is 18.6 Å². The van der Waals surface area contributed by atoms with Gasteiger partial charge in [-0.2, -0.15) is 11.8 Å². The van der Waals surface area contributed by atoms with E-state index in [0.29, 0.717) is 11.3 Å². The number of hydrogen-bond acceptors (Lipinski definition) is 4. The number of thioether (sulfide) groups is 1. The monoisotopic (exact) mass is 287 g/mol. The molecule has 1 aliphatic rings. The van der Waals surface area contributed by atoms with Crippen LogP contribution in [0.5, 0.6) is 0 Å². The summed E-state index contributed by atoms with van der Waals surface area (Å²) in [7, 11) is 0. The van der Waals surface area contributed by atoms with E-state index in [1.807, 2.05) is 16.7 Å². The molecule has 2 N–H and O–H groups in total. The predicted octanol–water partition coefficient (Wildman–Crippen LogP) is 2.05. The quantitative estimate of drug-likeness (QED) is 0.859. The van der Waals surface area contributed by atoms with Gasteiger partial charge in [0.25, 0.3) is 5.91 Å². The van der Waals surface area contributed by atoms with Crippen molar-refractivity contribution in [2.75, 3.05) is 24.6 Å². The lowest BCUT2D eigenvalue weighted by Crippen LogP contribution is -2.46. The zero-order valence-corrected chi connectivity index (χ0v) is 12.2. The molecular formula is C12H18ClN3OS. The molecule has 100 valence electrons. The Bertz CT molecular complexity index is 439. The van der Waals surface area contributed by atoms with Crippen molar-refractivity contribution in [2.24, 2.45) is 0 Å². The van der Waals surface area contributed by atoms with E-state index in [2.05, 4.69) is 18.8 Å². The van der Waals surface area contributed by atoms with Crippen molar-refractivity contribution in [3.63, 3.8) is 0 Å². The molecular weight excluding hydrogens is 270 g/mol. The zero-order chi connectivity index (χ0) is 12.5. The fourth-order valence-corrected chi connectivity index (χ4v) is 3.06. The minimum Gasteiger partial charge on any atom is -0.398 e. The van der Waals surface area contributed by atoms with Crippen LogP contribution in [0.15, 0.2) is 18.5 Å². The van der Waals surface area contributed by atoms with E-state index in [0.717, 1.165) is 18.8 Å². The first-order valence-corrected chi connectivity index (χ1v) is 6.61. The number of amides is 1. The second kappa shape index (κ2) is 5.80. The third-order valence-electron chi connectivity index (χ3n) is 2.80. The second-order valence-corrected chi connectivity index (χ2v) is 6.60. The van der Waals surface area contributed by atoms with Gasteiger partial charge in [0, 0.05) is 41.7 Å². The maximum Gasteiger partial charge on any atom is 0.257 e. The van der Waals surface area contributed by atoms with Crippen molar-refractivity contribution in [3.8, 4) is 0 Å². The van der Waals surface area contributed by atoms with Crippen molar-refractivity contribution >= 4 is 35.8 Å². The van der Waals surface area contributed by atoms with E-state index in [-0.39, 0.29) is 23.1 Å². The summed E-state index contributed by atoms with van der Waals surface area (Å²) in [6, 6.07) is 1.66. The molecule has 0 atom stereocenters. The Morgan fingerprint density at radius 1 is 1.56 bits per heavy atom. The maximum absolute atomic E-state index is 12.3. The van der Waals surface area contributed by atoms with Crippen molar-refractivity contribution in [1.82, 2.24) is 9.88 Å². The number of hydrogen-bond donors (Lipinski definition) is 1. The summed E-state index contributed by atoms with van der Waals surface area (Å²) in [5.74, 6) is 0.961. The molecule has 1 saturated heterocycles. The van der Waals surface area contributed by atoms with Crippen molar-refractivity contribution in [3.05, 3.63) is 24.0 Å². The van der Waals surface area contributed by atoms with E-state index in [1.165, 1.54) is 0 Å². The molecule has 1 aromatic rings. The number of nitrogens with zero attached hydrogens (tertiary/aromatic N) is 2. The first-order chi connectivity index (χ1) is 7.99. The highest BCUT2D eigenvalue weighted by molar-refractivity contribution is 8.00. The van der Waals surface area contributed by atoms with Gasteiger partial charge in [-0.05, 0) is 19.9 Å². The van der Waals surface area contributed by atoms with Crippen LogP contribution in [0.1, 0.15) is 24.2 Å². The van der Waals surface area contributed by atoms with Gasteiger partial charge in [0.1, 0.15) is 0 Å². The normalized spacial score (nSPS) is 18.0. The lowest BCUT2D eigenvalue weighted by molar-refractivity contribution is 0.0748. The minimum atomic E-state index is -0.0102. The Kier molecular flexibility index (Phi) is 4.87. The second-order valence-electron chi connectivity index (χ2n) is 4.80. The van der Waals surface area contributed by atoms with Crippen molar-refractivity contribution < 1.29 is 4.79 Å². The van der Waals surface area contributed by atoms with E-state index in [4.69, 9.17) is 5.73 Å². The molecule has 4 nitrogen and oxygen atoms in total.